The van der Waals surface area contributed by atoms with Gasteiger partial charge in [-0.25, -0.2) is 14.8 Å². The number of non-ortho nitro benzene ring substituents is 1. The SMILES string of the molecule is CCOC(=O)c1c(C)nc(C)nc1C(=O)N1CCN(C(=O)/C=C/c2ccc([N+](=O)[O-])cc2)C(C)C1. The molecule has 11 nitrogen and oxygen atoms in total. The molecule has 0 saturated carbocycles. The van der Waals surface area contributed by atoms with E-state index in [9.17, 15) is 24.5 Å². The van der Waals surface area contributed by atoms with Crippen molar-refractivity contribution in [3.8, 4) is 0 Å². The van der Waals surface area contributed by atoms with Crippen LogP contribution in [0.25, 0.3) is 6.08 Å². The number of nitro groups is 1. The zero-order valence-corrected chi connectivity index (χ0v) is 20.1. The number of nitro benzene ring substituents is 1. The third-order valence-corrected chi connectivity index (χ3v) is 5.60. The molecule has 1 aromatic heterocycles. The predicted octanol–water partition coefficient (Wildman–Crippen LogP) is 2.56. The van der Waals surface area contributed by atoms with Gasteiger partial charge in [-0.1, -0.05) is 0 Å². The minimum absolute atomic E-state index is 0.00139. The maximum atomic E-state index is 13.3. The summed E-state index contributed by atoms with van der Waals surface area (Å²) in [6.45, 7) is 7.78. The number of esters is 1. The number of aryl methyl sites for hydroxylation is 2. The van der Waals surface area contributed by atoms with Crippen molar-refractivity contribution in [3.05, 3.63) is 68.8 Å². The van der Waals surface area contributed by atoms with E-state index in [4.69, 9.17) is 4.74 Å². The minimum atomic E-state index is -0.647. The summed E-state index contributed by atoms with van der Waals surface area (Å²) in [5.74, 6) is -0.922. The molecular weight excluding hydrogens is 454 g/mol. The van der Waals surface area contributed by atoms with Crippen LogP contribution in [-0.2, 0) is 9.53 Å². The first-order chi connectivity index (χ1) is 16.6. The number of rotatable bonds is 6. The standard InChI is InChI=1S/C24H27N5O6/c1-5-35-24(32)21-16(3)25-17(4)26-22(21)23(31)27-12-13-28(15(2)14-27)20(30)11-8-18-6-9-19(10-7-18)29(33)34/h6-11,15H,5,12-14H2,1-4H3/b11-8+. The summed E-state index contributed by atoms with van der Waals surface area (Å²) in [6, 6.07) is 5.59. The summed E-state index contributed by atoms with van der Waals surface area (Å²) in [6.07, 6.45) is 3.00. The number of piperazine rings is 1. The van der Waals surface area contributed by atoms with E-state index in [2.05, 4.69) is 9.97 Å². The lowest BCUT2D eigenvalue weighted by Gasteiger charge is -2.39. The van der Waals surface area contributed by atoms with E-state index >= 15 is 0 Å². The number of carbonyl (C=O) groups is 3. The highest BCUT2D eigenvalue weighted by Gasteiger charge is 2.33. The molecule has 1 fully saturated rings. The van der Waals surface area contributed by atoms with E-state index in [1.54, 1.807) is 48.8 Å². The lowest BCUT2D eigenvalue weighted by atomic mass is 10.1. The summed E-state index contributed by atoms with van der Waals surface area (Å²) in [7, 11) is 0. The van der Waals surface area contributed by atoms with Crippen molar-refractivity contribution in [2.75, 3.05) is 26.2 Å². The van der Waals surface area contributed by atoms with E-state index < -0.39 is 16.8 Å². The molecule has 2 amide bonds. The monoisotopic (exact) mass is 481 g/mol. The maximum Gasteiger partial charge on any atom is 0.342 e. The van der Waals surface area contributed by atoms with Crippen molar-refractivity contribution in [1.82, 2.24) is 19.8 Å². The predicted molar refractivity (Wildman–Crippen MR) is 127 cm³/mol. The maximum absolute atomic E-state index is 13.3. The number of ether oxygens (including phenoxy) is 1. The van der Waals surface area contributed by atoms with Crippen LogP contribution < -0.4 is 0 Å². The Balaban J connectivity index is 1.71. The van der Waals surface area contributed by atoms with Crippen molar-refractivity contribution in [2.45, 2.75) is 33.7 Å². The molecule has 0 bridgehead atoms. The van der Waals surface area contributed by atoms with Gasteiger partial charge in [0.15, 0.2) is 0 Å². The molecular formula is C24H27N5O6. The summed E-state index contributed by atoms with van der Waals surface area (Å²) in [5.41, 5.74) is 1.06. The lowest BCUT2D eigenvalue weighted by Crippen LogP contribution is -2.55. The normalized spacial score (nSPS) is 15.8. The highest BCUT2D eigenvalue weighted by Crippen LogP contribution is 2.19. The molecule has 2 aromatic rings. The number of nitrogens with zero attached hydrogens (tertiary/aromatic N) is 5. The molecule has 1 unspecified atom stereocenters. The van der Waals surface area contributed by atoms with Crippen LogP contribution in [0.2, 0.25) is 0 Å². The van der Waals surface area contributed by atoms with Crippen molar-refractivity contribution >= 4 is 29.5 Å². The van der Waals surface area contributed by atoms with E-state index in [0.29, 0.717) is 23.6 Å². The van der Waals surface area contributed by atoms with Gasteiger partial charge in [-0.2, -0.15) is 0 Å². The Kier molecular flexibility index (Phi) is 7.90. The highest BCUT2D eigenvalue weighted by atomic mass is 16.6. The molecule has 2 heterocycles. The molecule has 0 radical (unpaired) electrons. The number of carbonyl (C=O) groups excluding carboxylic acids is 3. The summed E-state index contributed by atoms with van der Waals surface area (Å²) in [4.78, 5) is 60.5. The molecule has 1 aliphatic rings. The first kappa shape index (κ1) is 25.5. The number of amides is 2. The summed E-state index contributed by atoms with van der Waals surface area (Å²) < 4.78 is 5.09. The largest absolute Gasteiger partial charge is 0.462 e. The second-order valence-electron chi connectivity index (χ2n) is 8.11. The zero-order chi connectivity index (χ0) is 25.7. The topological polar surface area (TPSA) is 136 Å². The van der Waals surface area contributed by atoms with Crippen molar-refractivity contribution in [1.29, 1.82) is 0 Å². The molecule has 1 saturated heterocycles. The van der Waals surface area contributed by atoms with Gasteiger partial charge in [0, 0.05) is 43.9 Å². The average molecular weight is 482 g/mol. The average Bonchev–Trinajstić information content (AvgIpc) is 2.81. The Morgan fingerprint density at radius 1 is 1.17 bits per heavy atom. The van der Waals surface area contributed by atoms with Crippen LogP contribution in [0.5, 0.6) is 0 Å². The molecule has 3 rings (SSSR count). The third-order valence-electron chi connectivity index (χ3n) is 5.60. The first-order valence-corrected chi connectivity index (χ1v) is 11.2. The van der Waals surface area contributed by atoms with Gasteiger partial charge < -0.3 is 14.5 Å². The Labute approximate surface area is 202 Å². The quantitative estimate of drug-likeness (QED) is 0.266. The van der Waals surface area contributed by atoms with Crippen LogP contribution >= 0.6 is 0 Å². The Hall–Kier alpha value is -4.15. The molecule has 35 heavy (non-hydrogen) atoms. The van der Waals surface area contributed by atoms with E-state index in [1.165, 1.54) is 18.2 Å². The van der Waals surface area contributed by atoms with Gasteiger partial charge in [0.25, 0.3) is 11.6 Å². The molecule has 184 valence electrons. The van der Waals surface area contributed by atoms with Gasteiger partial charge in [-0.3, -0.25) is 19.7 Å². The molecule has 1 aliphatic heterocycles. The van der Waals surface area contributed by atoms with Crippen molar-refractivity contribution in [3.63, 3.8) is 0 Å². The minimum Gasteiger partial charge on any atom is -0.462 e. The van der Waals surface area contributed by atoms with Gasteiger partial charge in [0.05, 0.1) is 17.2 Å². The van der Waals surface area contributed by atoms with Gasteiger partial charge in [0.2, 0.25) is 5.91 Å². The fourth-order valence-electron chi connectivity index (χ4n) is 3.90. The third kappa shape index (κ3) is 5.86. The van der Waals surface area contributed by atoms with Gasteiger partial charge >= 0.3 is 5.97 Å². The Morgan fingerprint density at radius 2 is 1.86 bits per heavy atom. The Bertz CT molecular complexity index is 1180. The molecule has 1 aromatic carbocycles. The van der Waals surface area contributed by atoms with Gasteiger partial charge in [-0.15, -0.1) is 0 Å². The first-order valence-electron chi connectivity index (χ1n) is 11.2. The van der Waals surface area contributed by atoms with Crippen LogP contribution in [0.15, 0.2) is 30.3 Å². The number of benzene rings is 1. The molecule has 11 heteroatoms. The van der Waals surface area contributed by atoms with Crippen LogP contribution in [0, 0.1) is 24.0 Å². The fraction of sp³-hybridized carbons (Fsp3) is 0.375. The lowest BCUT2D eigenvalue weighted by molar-refractivity contribution is -0.384. The number of hydrogen-bond donors (Lipinski definition) is 0. The number of aromatic nitrogens is 2. The molecule has 0 N–H and O–H groups in total. The summed E-state index contributed by atoms with van der Waals surface area (Å²) in [5, 5.41) is 10.8. The van der Waals surface area contributed by atoms with Crippen LogP contribution in [0.4, 0.5) is 5.69 Å². The molecule has 0 spiro atoms. The van der Waals surface area contributed by atoms with E-state index in [0.717, 1.165) is 0 Å². The molecule has 1 atom stereocenters. The zero-order valence-electron chi connectivity index (χ0n) is 20.1. The Morgan fingerprint density at radius 3 is 2.46 bits per heavy atom. The van der Waals surface area contributed by atoms with Crippen LogP contribution in [0.1, 0.15) is 51.8 Å². The molecule has 0 aliphatic carbocycles. The van der Waals surface area contributed by atoms with Crippen LogP contribution in [-0.4, -0.2) is 74.8 Å². The van der Waals surface area contributed by atoms with Crippen molar-refractivity contribution in [2.24, 2.45) is 0 Å². The van der Waals surface area contributed by atoms with E-state index in [-0.39, 0.29) is 48.6 Å². The van der Waals surface area contributed by atoms with Gasteiger partial charge in [-0.05, 0) is 51.5 Å². The van der Waals surface area contributed by atoms with Crippen LogP contribution in [0.3, 0.4) is 0 Å². The van der Waals surface area contributed by atoms with E-state index in [1.807, 2.05) is 6.92 Å². The smallest absolute Gasteiger partial charge is 0.342 e. The number of hydrogen-bond acceptors (Lipinski definition) is 8. The highest BCUT2D eigenvalue weighted by molar-refractivity contribution is 6.04. The summed E-state index contributed by atoms with van der Waals surface area (Å²) >= 11 is 0. The second-order valence-corrected chi connectivity index (χ2v) is 8.11. The van der Waals surface area contributed by atoms with Crippen molar-refractivity contribution < 1.29 is 24.0 Å². The van der Waals surface area contributed by atoms with Gasteiger partial charge in [0.1, 0.15) is 17.1 Å². The second kappa shape index (κ2) is 10.9. The fourth-order valence-corrected chi connectivity index (χ4v) is 3.90.